The van der Waals surface area contributed by atoms with E-state index in [1.165, 1.54) is 0 Å². The number of carboxylic acids is 2. The summed E-state index contributed by atoms with van der Waals surface area (Å²) in [6, 6.07) is 6.72. The highest BCUT2D eigenvalue weighted by Gasteiger charge is 2.51. The number of carbonyl (C=O) groups excluding carboxylic acids is 1. The van der Waals surface area contributed by atoms with Gasteiger partial charge in [-0.3, -0.25) is 9.59 Å². The van der Waals surface area contributed by atoms with E-state index in [1.54, 1.807) is 38.1 Å². The highest BCUT2D eigenvalue weighted by molar-refractivity contribution is 5.90. The Labute approximate surface area is 146 Å². The van der Waals surface area contributed by atoms with Gasteiger partial charge in [-0.15, -0.1) is 0 Å². The van der Waals surface area contributed by atoms with Crippen LogP contribution in [-0.4, -0.2) is 33.7 Å². The van der Waals surface area contributed by atoms with Gasteiger partial charge in [0.2, 0.25) is 0 Å². The zero-order valence-electron chi connectivity index (χ0n) is 14.5. The summed E-state index contributed by atoms with van der Waals surface area (Å²) >= 11 is 0. The number of rotatable bonds is 8. The van der Waals surface area contributed by atoms with Gasteiger partial charge in [-0.1, -0.05) is 31.0 Å². The standard InChI is InChI=1S/C19H24O6/c1-19(2)16(12-8-6-7-9-13(12)17(22)23)14(18(24)25-19)10-4-3-5-11-15(20)21/h6-9,14,16H,3-5,10-11H2,1-2H3,(H,20,21)(H,22,23). The number of unbranched alkanes of at least 4 members (excludes halogenated alkanes) is 2. The van der Waals surface area contributed by atoms with E-state index in [2.05, 4.69) is 0 Å². The topological polar surface area (TPSA) is 101 Å². The molecule has 2 rings (SSSR count). The zero-order valence-corrected chi connectivity index (χ0v) is 14.5. The van der Waals surface area contributed by atoms with E-state index in [0.29, 0.717) is 31.2 Å². The number of esters is 1. The molecule has 1 aliphatic heterocycles. The van der Waals surface area contributed by atoms with Crippen molar-refractivity contribution in [3.63, 3.8) is 0 Å². The lowest BCUT2D eigenvalue weighted by Gasteiger charge is -2.28. The second-order valence-electron chi connectivity index (χ2n) is 6.99. The van der Waals surface area contributed by atoms with Crippen LogP contribution in [0, 0.1) is 5.92 Å². The van der Waals surface area contributed by atoms with Crippen LogP contribution < -0.4 is 0 Å². The molecule has 1 aliphatic rings. The Bertz CT molecular complexity index is 664. The molecule has 0 bridgehead atoms. The Kier molecular flexibility index (Phi) is 5.82. The van der Waals surface area contributed by atoms with Crippen LogP contribution in [0.5, 0.6) is 0 Å². The summed E-state index contributed by atoms with van der Waals surface area (Å²) < 4.78 is 5.53. The van der Waals surface area contributed by atoms with Gasteiger partial charge in [-0.25, -0.2) is 4.79 Å². The molecular weight excluding hydrogens is 324 g/mol. The fourth-order valence-corrected chi connectivity index (χ4v) is 3.67. The molecule has 0 radical (unpaired) electrons. The monoisotopic (exact) mass is 348 g/mol. The van der Waals surface area contributed by atoms with Crippen LogP contribution in [0.4, 0.5) is 0 Å². The summed E-state index contributed by atoms with van der Waals surface area (Å²) in [4.78, 5) is 34.5. The molecular formula is C19H24O6. The van der Waals surface area contributed by atoms with E-state index in [-0.39, 0.29) is 23.9 Å². The number of hydrogen-bond donors (Lipinski definition) is 2. The van der Waals surface area contributed by atoms with Crippen molar-refractivity contribution in [2.75, 3.05) is 0 Å². The molecule has 2 atom stereocenters. The third-order valence-electron chi connectivity index (χ3n) is 4.75. The lowest BCUT2D eigenvalue weighted by molar-refractivity contribution is -0.148. The summed E-state index contributed by atoms with van der Waals surface area (Å²) in [5.74, 6) is -2.92. The first-order valence-corrected chi connectivity index (χ1v) is 8.51. The lowest BCUT2D eigenvalue weighted by atomic mass is 9.74. The van der Waals surface area contributed by atoms with Crippen molar-refractivity contribution in [1.82, 2.24) is 0 Å². The van der Waals surface area contributed by atoms with Crippen LogP contribution in [0.1, 0.15) is 67.8 Å². The van der Waals surface area contributed by atoms with Crippen molar-refractivity contribution < 1.29 is 29.3 Å². The molecule has 1 saturated heterocycles. The van der Waals surface area contributed by atoms with Crippen LogP contribution in [0.3, 0.4) is 0 Å². The number of hydrogen-bond acceptors (Lipinski definition) is 4. The molecule has 1 aromatic carbocycles. The predicted molar refractivity (Wildman–Crippen MR) is 90.5 cm³/mol. The number of carbonyl (C=O) groups is 3. The Hall–Kier alpha value is -2.37. The highest BCUT2D eigenvalue weighted by atomic mass is 16.6. The first-order chi connectivity index (χ1) is 11.7. The minimum absolute atomic E-state index is 0.117. The Morgan fingerprint density at radius 1 is 1.12 bits per heavy atom. The van der Waals surface area contributed by atoms with E-state index in [1.807, 2.05) is 0 Å². The summed E-state index contributed by atoms with van der Waals surface area (Å²) in [7, 11) is 0. The number of carboxylic acid groups (broad SMARTS) is 2. The molecule has 25 heavy (non-hydrogen) atoms. The van der Waals surface area contributed by atoms with Crippen molar-refractivity contribution in [3.05, 3.63) is 35.4 Å². The number of cyclic esters (lactones) is 1. The predicted octanol–water partition coefficient (Wildman–Crippen LogP) is 3.46. The normalized spacial score (nSPS) is 21.8. The van der Waals surface area contributed by atoms with Gasteiger partial charge in [-0.2, -0.15) is 0 Å². The minimum Gasteiger partial charge on any atom is -0.481 e. The fourth-order valence-electron chi connectivity index (χ4n) is 3.67. The molecule has 1 heterocycles. The third-order valence-corrected chi connectivity index (χ3v) is 4.75. The van der Waals surface area contributed by atoms with Gasteiger partial charge in [0.15, 0.2) is 0 Å². The molecule has 0 aromatic heterocycles. The summed E-state index contributed by atoms with van der Waals surface area (Å²) in [6.45, 7) is 3.61. The second kappa shape index (κ2) is 7.68. The highest BCUT2D eigenvalue weighted by Crippen LogP contribution is 2.47. The Morgan fingerprint density at radius 3 is 2.44 bits per heavy atom. The summed E-state index contributed by atoms with van der Waals surface area (Å²) in [6.07, 6.45) is 2.65. The molecule has 0 amide bonds. The maximum atomic E-state index is 12.4. The smallest absolute Gasteiger partial charge is 0.335 e. The van der Waals surface area contributed by atoms with Gasteiger partial charge in [0.1, 0.15) is 5.60 Å². The largest absolute Gasteiger partial charge is 0.481 e. The van der Waals surface area contributed by atoms with Crippen LogP contribution in [0.25, 0.3) is 0 Å². The molecule has 0 spiro atoms. The minimum atomic E-state index is -1.02. The average molecular weight is 348 g/mol. The quantitative estimate of drug-likeness (QED) is 0.551. The molecule has 6 heteroatoms. The van der Waals surface area contributed by atoms with Crippen molar-refractivity contribution in [3.8, 4) is 0 Å². The number of aliphatic carboxylic acids is 1. The molecule has 2 N–H and O–H groups in total. The van der Waals surface area contributed by atoms with Crippen molar-refractivity contribution in [2.24, 2.45) is 5.92 Å². The number of aromatic carboxylic acids is 1. The zero-order chi connectivity index (χ0) is 18.6. The first kappa shape index (κ1) is 19.0. The van der Waals surface area contributed by atoms with Gasteiger partial charge in [0.05, 0.1) is 11.5 Å². The van der Waals surface area contributed by atoms with E-state index in [4.69, 9.17) is 9.84 Å². The van der Waals surface area contributed by atoms with Crippen molar-refractivity contribution >= 4 is 17.9 Å². The summed E-state index contributed by atoms with van der Waals surface area (Å²) in [5, 5.41) is 18.1. The number of ether oxygens (including phenoxy) is 1. The van der Waals surface area contributed by atoms with Crippen molar-refractivity contribution in [2.45, 2.75) is 57.5 Å². The van der Waals surface area contributed by atoms with E-state index < -0.39 is 23.5 Å². The van der Waals surface area contributed by atoms with Gasteiger partial charge >= 0.3 is 17.9 Å². The molecule has 2 unspecified atom stereocenters. The lowest BCUT2D eigenvalue weighted by Crippen LogP contribution is -2.29. The molecule has 0 saturated carbocycles. The molecule has 1 aromatic rings. The van der Waals surface area contributed by atoms with E-state index in [0.717, 1.165) is 0 Å². The van der Waals surface area contributed by atoms with Crippen LogP contribution in [-0.2, 0) is 14.3 Å². The Morgan fingerprint density at radius 2 is 1.80 bits per heavy atom. The van der Waals surface area contributed by atoms with Gasteiger partial charge in [0.25, 0.3) is 0 Å². The van der Waals surface area contributed by atoms with Crippen LogP contribution >= 0.6 is 0 Å². The van der Waals surface area contributed by atoms with Gasteiger partial charge < -0.3 is 14.9 Å². The first-order valence-electron chi connectivity index (χ1n) is 8.51. The van der Waals surface area contributed by atoms with E-state index >= 15 is 0 Å². The van der Waals surface area contributed by atoms with E-state index in [9.17, 15) is 19.5 Å². The molecule has 136 valence electrons. The second-order valence-corrected chi connectivity index (χ2v) is 6.99. The maximum absolute atomic E-state index is 12.4. The van der Waals surface area contributed by atoms with Crippen molar-refractivity contribution in [1.29, 1.82) is 0 Å². The maximum Gasteiger partial charge on any atom is 0.335 e. The fraction of sp³-hybridized carbons (Fsp3) is 0.526. The molecule has 1 fully saturated rings. The average Bonchev–Trinajstić information content (AvgIpc) is 2.75. The van der Waals surface area contributed by atoms with Crippen LogP contribution in [0.2, 0.25) is 0 Å². The third kappa shape index (κ3) is 4.38. The molecule has 0 aliphatic carbocycles. The van der Waals surface area contributed by atoms with Crippen LogP contribution in [0.15, 0.2) is 24.3 Å². The Balaban J connectivity index is 2.19. The van der Waals surface area contributed by atoms with Gasteiger partial charge in [0, 0.05) is 12.3 Å². The SMILES string of the molecule is CC1(C)OC(=O)C(CCCCCC(=O)O)C1c1ccccc1C(=O)O. The molecule has 6 nitrogen and oxygen atoms in total. The summed E-state index contributed by atoms with van der Waals surface area (Å²) in [5.41, 5.74) is 0.0186. The number of benzene rings is 1. The van der Waals surface area contributed by atoms with Gasteiger partial charge in [-0.05, 0) is 38.3 Å².